The number of carbonyl (C=O) groups is 2. The molecule has 4 aromatic rings. The summed E-state index contributed by atoms with van der Waals surface area (Å²) in [5, 5.41) is 10.3. The van der Waals surface area contributed by atoms with Gasteiger partial charge in [-0.2, -0.15) is 5.10 Å². The molecular formula is C25H24N6O3S. The summed E-state index contributed by atoms with van der Waals surface area (Å²) in [7, 11) is 1.59. The van der Waals surface area contributed by atoms with Gasteiger partial charge in [-0.1, -0.05) is 12.1 Å². The van der Waals surface area contributed by atoms with Crippen LogP contribution in [0.4, 0.5) is 5.69 Å². The highest BCUT2D eigenvalue weighted by atomic mass is 32.1. The molecule has 4 rings (SSSR count). The van der Waals surface area contributed by atoms with Gasteiger partial charge in [0.25, 0.3) is 17.4 Å². The lowest BCUT2D eigenvalue weighted by molar-refractivity contribution is 0.0949. The lowest BCUT2D eigenvalue weighted by Crippen LogP contribution is -2.23. The van der Waals surface area contributed by atoms with Crippen LogP contribution < -0.4 is 16.2 Å². The van der Waals surface area contributed by atoms with E-state index in [4.69, 9.17) is 0 Å². The number of thiazole rings is 1. The normalized spacial score (nSPS) is 10.7. The fourth-order valence-electron chi connectivity index (χ4n) is 3.52. The molecule has 35 heavy (non-hydrogen) atoms. The van der Waals surface area contributed by atoms with Crippen LogP contribution in [0, 0.1) is 20.8 Å². The Morgan fingerprint density at radius 3 is 2.57 bits per heavy atom. The van der Waals surface area contributed by atoms with E-state index in [0.29, 0.717) is 38.9 Å². The van der Waals surface area contributed by atoms with E-state index in [1.165, 1.54) is 4.68 Å². The number of nitrogens with one attached hydrogen (secondary N) is 2. The third-order valence-electron chi connectivity index (χ3n) is 5.48. The SMILES string of the molecule is Cc1nc(-c2c(C)c(C)nn(C)c2=O)sc1C(=O)Nc1cccc(C(=O)NCc2ccccn2)c1. The van der Waals surface area contributed by atoms with Crippen molar-refractivity contribution in [2.45, 2.75) is 27.3 Å². The molecule has 0 aliphatic heterocycles. The molecule has 0 saturated carbocycles. The summed E-state index contributed by atoms with van der Waals surface area (Å²) in [5.41, 5.74) is 3.78. The second kappa shape index (κ2) is 9.98. The molecule has 10 heteroatoms. The number of rotatable bonds is 6. The van der Waals surface area contributed by atoms with Crippen molar-refractivity contribution in [3.8, 4) is 10.6 Å². The molecule has 2 N–H and O–H groups in total. The Hall–Kier alpha value is -4.18. The van der Waals surface area contributed by atoms with Gasteiger partial charge in [0.2, 0.25) is 0 Å². The van der Waals surface area contributed by atoms with Gasteiger partial charge in [0.1, 0.15) is 9.88 Å². The van der Waals surface area contributed by atoms with E-state index < -0.39 is 0 Å². The molecule has 0 bridgehead atoms. The Balaban J connectivity index is 1.52. The number of pyridine rings is 1. The van der Waals surface area contributed by atoms with E-state index in [2.05, 4.69) is 25.7 Å². The van der Waals surface area contributed by atoms with Crippen LogP contribution in [0.15, 0.2) is 53.5 Å². The van der Waals surface area contributed by atoms with E-state index in [-0.39, 0.29) is 17.4 Å². The van der Waals surface area contributed by atoms with Crippen LogP contribution in [0.5, 0.6) is 0 Å². The molecule has 1 aromatic carbocycles. The second-order valence-electron chi connectivity index (χ2n) is 7.99. The minimum absolute atomic E-state index is 0.266. The number of hydrogen-bond acceptors (Lipinski definition) is 7. The minimum atomic E-state index is -0.363. The summed E-state index contributed by atoms with van der Waals surface area (Å²) >= 11 is 1.15. The van der Waals surface area contributed by atoms with Crippen molar-refractivity contribution < 1.29 is 9.59 Å². The quantitative estimate of drug-likeness (QED) is 0.429. The topological polar surface area (TPSA) is 119 Å². The number of anilines is 1. The van der Waals surface area contributed by atoms with Gasteiger partial charge in [0, 0.05) is 24.5 Å². The van der Waals surface area contributed by atoms with Gasteiger partial charge in [0.15, 0.2) is 0 Å². The van der Waals surface area contributed by atoms with Gasteiger partial charge in [-0.05, 0) is 56.7 Å². The molecule has 3 heterocycles. The third-order valence-corrected chi connectivity index (χ3v) is 6.65. The highest BCUT2D eigenvalue weighted by molar-refractivity contribution is 7.17. The molecule has 2 amide bonds. The summed E-state index contributed by atoms with van der Waals surface area (Å²) in [4.78, 5) is 47.4. The molecule has 0 saturated heterocycles. The highest BCUT2D eigenvalue weighted by Gasteiger charge is 2.21. The maximum absolute atomic E-state index is 13.0. The van der Waals surface area contributed by atoms with Gasteiger partial charge < -0.3 is 10.6 Å². The zero-order valence-electron chi connectivity index (χ0n) is 19.7. The lowest BCUT2D eigenvalue weighted by atomic mass is 10.1. The first kappa shape index (κ1) is 24.0. The second-order valence-corrected chi connectivity index (χ2v) is 8.99. The van der Waals surface area contributed by atoms with Gasteiger partial charge in [-0.15, -0.1) is 11.3 Å². The van der Waals surface area contributed by atoms with Crippen LogP contribution >= 0.6 is 11.3 Å². The van der Waals surface area contributed by atoms with Gasteiger partial charge in [0.05, 0.1) is 29.2 Å². The number of nitrogens with zero attached hydrogens (tertiary/aromatic N) is 4. The standard InChI is InChI=1S/C25H24N6O3S/c1-14-15(2)30-31(4)25(34)20(14)24-28-16(3)21(35-24)23(33)29-18-10-7-8-17(12-18)22(32)27-13-19-9-5-6-11-26-19/h5-12H,13H2,1-4H3,(H,27,32)(H,29,33). The summed E-state index contributed by atoms with van der Waals surface area (Å²) in [6, 6.07) is 12.2. The first-order valence-electron chi connectivity index (χ1n) is 10.9. The first-order valence-corrected chi connectivity index (χ1v) is 11.7. The van der Waals surface area contributed by atoms with Gasteiger partial charge >= 0.3 is 0 Å². The van der Waals surface area contributed by atoms with Crippen molar-refractivity contribution in [1.82, 2.24) is 25.1 Å². The predicted octanol–water partition coefficient (Wildman–Crippen LogP) is 3.41. The molecule has 0 unspecified atom stereocenters. The van der Waals surface area contributed by atoms with Crippen molar-refractivity contribution in [3.63, 3.8) is 0 Å². The Morgan fingerprint density at radius 1 is 1.03 bits per heavy atom. The monoisotopic (exact) mass is 488 g/mol. The van der Waals surface area contributed by atoms with Gasteiger partial charge in [-0.25, -0.2) is 9.67 Å². The number of hydrogen-bond donors (Lipinski definition) is 2. The Labute approximate surface area is 205 Å². The van der Waals surface area contributed by atoms with Crippen LogP contribution in [0.2, 0.25) is 0 Å². The summed E-state index contributed by atoms with van der Waals surface area (Å²) in [6.07, 6.45) is 1.67. The molecular weight excluding hydrogens is 464 g/mol. The number of amides is 2. The Bertz CT molecular complexity index is 1480. The average molecular weight is 489 g/mol. The van der Waals surface area contributed by atoms with Crippen molar-refractivity contribution >= 4 is 28.8 Å². The predicted molar refractivity (Wildman–Crippen MR) is 135 cm³/mol. The molecule has 9 nitrogen and oxygen atoms in total. The van der Waals surface area contributed by atoms with E-state index in [9.17, 15) is 14.4 Å². The molecule has 0 fully saturated rings. The smallest absolute Gasteiger partial charge is 0.277 e. The maximum atomic E-state index is 13.0. The zero-order chi connectivity index (χ0) is 25.1. The number of benzene rings is 1. The third kappa shape index (κ3) is 5.17. The summed E-state index contributed by atoms with van der Waals surface area (Å²) in [6.45, 7) is 5.67. The number of aryl methyl sites for hydroxylation is 3. The summed E-state index contributed by atoms with van der Waals surface area (Å²) < 4.78 is 1.28. The van der Waals surface area contributed by atoms with Crippen LogP contribution in [-0.2, 0) is 13.6 Å². The number of carbonyl (C=O) groups excluding carboxylic acids is 2. The van der Waals surface area contributed by atoms with E-state index in [1.807, 2.05) is 32.0 Å². The highest BCUT2D eigenvalue weighted by Crippen LogP contribution is 2.29. The van der Waals surface area contributed by atoms with E-state index in [1.54, 1.807) is 44.4 Å². The molecule has 3 aromatic heterocycles. The van der Waals surface area contributed by atoms with Crippen molar-refractivity contribution in [3.05, 3.63) is 92.1 Å². The Morgan fingerprint density at radius 2 is 1.83 bits per heavy atom. The average Bonchev–Trinajstić information content (AvgIpc) is 3.23. The molecule has 0 aliphatic carbocycles. The van der Waals surface area contributed by atoms with Crippen molar-refractivity contribution in [2.75, 3.05) is 5.32 Å². The number of aromatic nitrogens is 4. The molecule has 0 spiro atoms. The van der Waals surface area contributed by atoms with Gasteiger partial charge in [-0.3, -0.25) is 19.4 Å². The molecule has 0 radical (unpaired) electrons. The fourth-order valence-corrected chi connectivity index (χ4v) is 4.57. The molecule has 0 aliphatic rings. The van der Waals surface area contributed by atoms with Crippen LogP contribution in [0.25, 0.3) is 10.6 Å². The van der Waals surface area contributed by atoms with Crippen LogP contribution in [-0.4, -0.2) is 31.6 Å². The van der Waals surface area contributed by atoms with Crippen molar-refractivity contribution in [2.24, 2.45) is 7.05 Å². The van der Waals surface area contributed by atoms with E-state index in [0.717, 1.165) is 28.3 Å². The molecule has 0 atom stereocenters. The zero-order valence-corrected chi connectivity index (χ0v) is 20.6. The fraction of sp³-hybridized carbons (Fsp3) is 0.200. The minimum Gasteiger partial charge on any atom is -0.346 e. The maximum Gasteiger partial charge on any atom is 0.277 e. The van der Waals surface area contributed by atoms with Crippen molar-refractivity contribution in [1.29, 1.82) is 0 Å². The lowest BCUT2D eigenvalue weighted by Gasteiger charge is -2.08. The largest absolute Gasteiger partial charge is 0.346 e. The molecule has 178 valence electrons. The van der Waals surface area contributed by atoms with E-state index >= 15 is 0 Å². The van der Waals surface area contributed by atoms with Crippen LogP contribution in [0.3, 0.4) is 0 Å². The first-order chi connectivity index (χ1) is 16.7. The summed E-state index contributed by atoms with van der Waals surface area (Å²) in [5.74, 6) is -0.639. The Kier molecular flexibility index (Phi) is 6.83. The van der Waals surface area contributed by atoms with Crippen LogP contribution in [0.1, 0.15) is 42.7 Å².